The summed E-state index contributed by atoms with van der Waals surface area (Å²) < 4.78 is 15.3. The number of amides is 1. The number of halogens is 2. The van der Waals surface area contributed by atoms with E-state index in [4.69, 9.17) is 11.6 Å². The highest BCUT2D eigenvalue weighted by atomic mass is 35.5. The molecule has 29 heavy (non-hydrogen) atoms. The number of hydrogen-bond acceptors (Lipinski definition) is 6. The molecule has 0 radical (unpaired) electrons. The summed E-state index contributed by atoms with van der Waals surface area (Å²) >= 11 is 5.84. The van der Waals surface area contributed by atoms with Gasteiger partial charge in [0.2, 0.25) is 0 Å². The topological polar surface area (TPSA) is 84.8 Å². The summed E-state index contributed by atoms with van der Waals surface area (Å²) in [5.41, 5.74) is 0.554. The molecule has 4 rings (SSSR count). The number of pyridine rings is 1. The zero-order valence-electron chi connectivity index (χ0n) is 15.5. The van der Waals surface area contributed by atoms with Crippen molar-refractivity contribution in [2.24, 2.45) is 0 Å². The Morgan fingerprint density at radius 2 is 1.97 bits per heavy atom. The predicted molar refractivity (Wildman–Crippen MR) is 105 cm³/mol. The number of aromatic nitrogens is 5. The second-order valence-electron chi connectivity index (χ2n) is 6.98. The molecule has 1 aliphatic heterocycles. The number of hydrogen-bond donors (Lipinski definition) is 0. The monoisotopic (exact) mass is 412 g/mol. The molecule has 3 aromatic rings. The van der Waals surface area contributed by atoms with Gasteiger partial charge in [-0.1, -0.05) is 11.6 Å². The maximum Gasteiger partial charge on any atom is 0.256 e. The Morgan fingerprint density at radius 3 is 2.66 bits per heavy atom. The molecule has 0 aliphatic carbocycles. The number of alkyl halides is 1. The van der Waals surface area contributed by atoms with E-state index in [9.17, 15) is 4.79 Å². The average Bonchev–Trinajstić information content (AvgIpc) is 2.76. The van der Waals surface area contributed by atoms with Gasteiger partial charge in [0.1, 0.15) is 17.7 Å². The van der Waals surface area contributed by atoms with Crippen LogP contribution in [-0.2, 0) is 6.42 Å². The molecule has 148 valence electrons. The van der Waals surface area contributed by atoms with E-state index in [2.05, 4.69) is 25.1 Å². The average molecular weight is 413 g/mol. The van der Waals surface area contributed by atoms with Crippen LogP contribution in [0.15, 0.2) is 49.2 Å². The summed E-state index contributed by atoms with van der Waals surface area (Å²) in [5, 5.41) is 8.46. The first-order chi connectivity index (χ1) is 14.0. The molecule has 0 atom stereocenters. The van der Waals surface area contributed by atoms with Gasteiger partial charge < -0.3 is 4.90 Å². The Bertz CT molecular complexity index is 993. The number of carbonyl (C=O) groups excluding carboxylic acids is 1. The molecule has 3 aromatic heterocycles. The van der Waals surface area contributed by atoms with Crippen LogP contribution >= 0.6 is 11.6 Å². The van der Waals surface area contributed by atoms with Crippen molar-refractivity contribution in [1.82, 2.24) is 30.0 Å². The first-order valence-corrected chi connectivity index (χ1v) is 9.59. The van der Waals surface area contributed by atoms with Crippen LogP contribution in [0.3, 0.4) is 0 Å². The molecular formula is C20H18ClFN6O. The summed E-state index contributed by atoms with van der Waals surface area (Å²) in [4.78, 5) is 26.9. The predicted octanol–water partition coefficient (Wildman–Crippen LogP) is 3.17. The van der Waals surface area contributed by atoms with Crippen LogP contribution in [0.2, 0.25) is 5.02 Å². The smallest absolute Gasteiger partial charge is 0.256 e. The van der Waals surface area contributed by atoms with Crippen LogP contribution in [0, 0.1) is 0 Å². The minimum Gasteiger partial charge on any atom is -0.338 e. The zero-order valence-corrected chi connectivity index (χ0v) is 16.3. The van der Waals surface area contributed by atoms with E-state index in [-0.39, 0.29) is 25.2 Å². The third-order valence-electron chi connectivity index (χ3n) is 5.01. The molecule has 0 N–H and O–H groups in total. The standard InChI is InChI=1S/C20H18ClFN6O/c21-14-1-2-15(24-12-14)11-20(22)5-9-28(10-6-20)19(29)16-3-8-26-27-18(16)17-4-7-23-13-25-17/h1-4,7-8,12-13H,5-6,9-11H2. The second-order valence-corrected chi connectivity index (χ2v) is 7.41. The first-order valence-electron chi connectivity index (χ1n) is 9.21. The fourth-order valence-electron chi connectivity index (χ4n) is 3.42. The van der Waals surface area contributed by atoms with E-state index in [0.717, 1.165) is 0 Å². The van der Waals surface area contributed by atoms with Crippen LogP contribution in [-0.4, -0.2) is 54.7 Å². The van der Waals surface area contributed by atoms with Crippen molar-refractivity contribution in [1.29, 1.82) is 0 Å². The second kappa shape index (κ2) is 8.16. The van der Waals surface area contributed by atoms with Crippen LogP contribution in [0.4, 0.5) is 4.39 Å². The lowest BCUT2D eigenvalue weighted by molar-refractivity contribution is 0.0434. The fraction of sp³-hybridized carbons (Fsp3) is 0.300. The number of nitrogens with zero attached hydrogens (tertiary/aromatic N) is 6. The molecule has 9 heteroatoms. The summed E-state index contributed by atoms with van der Waals surface area (Å²) in [5.74, 6) is -0.208. The molecule has 1 aliphatic rings. The van der Waals surface area contributed by atoms with Gasteiger partial charge in [0, 0.05) is 37.6 Å². The minimum atomic E-state index is -1.40. The number of rotatable bonds is 4. The lowest BCUT2D eigenvalue weighted by Gasteiger charge is -2.36. The van der Waals surface area contributed by atoms with Gasteiger partial charge in [0.15, 0.2) is 0 Å². The zero-order chi connectivity index (χ0) is 20.3. The van der Waals surface area contributed by atoms with E-state index in [1.165, 1.54) is 18.7 Å². The Morgan fingerprint density at radius 1 is 1.14 bits per heavy atom. The molecule has 7 nitrogen and oxygen atoms in total. The highest BCUT2D eigenvalue weighted by Gasteiger charge is 2.37. The molecule has 1 saturated heterocycles. The number of carbonyl (C=O) groups is 1. The minimum absolute atomic E-state index is 0.204. The number of piperidine rings is 1. The van der Waals surface area contributed by atoms with E-state index >= 15 is 4.39 Å². The molecule has 0 aromatic carbocycles. The van der Waals surface area contributed by atoms with Gasteiger partial charge in [-0.3, -0.25) is 9.78 Å². The first kappa shape index (κ1) is 19.3. The molecule has 1 fully saturated rings. The van der Waals surface area contributed by atoms with Gasteiger partial charge in [-0.25, -0.2) is 14.4 Å². The maximum absolute atomic E-state index is 15.3. The van der Waals surface area contributed by atoms with Crippen molar-refractivity contribution in [3.63, 3.8) is 0 Å². The lowest BCUT2D eigenvalue weighted by atomic mass is 9.88. The van der Waals surface area contributed by atoms with E-state index in [1.807, 2.05) is 0 Å². The van der Waals surface area contributed by atoms with Crippen molar-refractivity contribution in [3.05, 3.63) is 65.5 Å². The Labute approximate surface area is 172 Å². The molecule has 0 spiro atoms. The Kier molecular flexibility index (Phi) is 5.44. The molecule has 0 bridgehead atoms. The molecule has 0 unspecified atom stereocenters. The van der Waals surface area contributed by atoms with Crippen LogP contribution < -0.4 is 0 Å². The summed E-state index contributed by atoms with van der Waals surface area (Å²) in [6.07, 6.45) is 6.64. The van der Waals surface area contributed by atoms with E-state index in [1.54, 1.807) is 35.4 Å². The highest BCUT2D eigenvalue weighted by Crippen LogP contribution is 2.31. The van der Waals surface area contributed by atoms with Crippen LogP contribution in [0.1, 0.15) is 28.9 Å². The summed E-state index contributed by atoms with van der Waals surface area (Å²) in [6, 6.07) is 6.72. The van der Waals surface area contributed by atoms with Crippen molar-refractivity contribution in [2.45, 2.75) is 24.9 Å². The molecule has 1 amide bonds. The van der Waals surface area contributed by atoms with Crippen LogP contribution in [0.5, 0.6) is 0 Å². The van der Waals surface area contributed by atoms with Crippen molar-refractivity contribution < 1.29 is 9.18 Å². The van der Waals surface area contributed by atoms with Gasteiger partial charge in [-0.15, -0.1) is 5.10 Å². The van der Waals surface area contributed by atoms with E-state index < -0.39 is 5.67 Å². The third kappa shape index (κ3) is 4.37. The molecule has 4 heterocycles. The summed E-state index contributed by atoms with van der Waals surface area (Å²) in [6.45, 7) is 0.628. The Hall–Kier alpha value is -3.00. The third-order valence-corrected chi connectivity index (χ3v) is 5.23. The lowest BCUT2D eigenvalue weighted by Crippen LogP contribution is -2.45. The van der Waals surface area contributed by atoms with Gasteiger partial charge in [-0.05, 0) is 37.1 Å². The van der Waals surface area contributed by atoms with Gasteiger partial charge >= 0.3 is 0 Å². The van der Waals surface area contributed by atoms with Crippen molar-refractivity contribution >= 4 is 17.5 Å². The Balaban J connectivity index is 1.47. The van der Waals surface area contributed by atoms with Gasteiger partial charge in [0.05, 0.1) is 22.5 Å². The molecule has 0 saturated carbocycles. The highest BCUT2D eigenvalue weighted by molar-refractivity contribution is 6.30. The fourth-order valence-corrected chi connectivity index (χ4v) is 3.53. The van der Waals surface area contributed by atoms with Gasteiger partial charge in [-0.2, -0.15) is 5.10 Å². The van der Waals surface area contributed by atoms with Crippen molar-refractivity contribution in [3.8, 4) is 11.4 Å². The normalized spacial score (nSPS) is 15.9. The summed E-state index contributed by atoms with van der Waals surface area (Å²) in [7, 11) is 0. The quantitative estimate of drug-likeness (QED) is 0.654. The SMILES string of the molecule is O=C(c1ccnnc1-c1ccncn1)N1CCC(F)(Cc2ccc(Cl)cn2)CC1. The van der Waals surface area contributed by atoms with Crippen molar-refractivity contribution in [2.75, 3.05) is 13.1 Å². The molecular weight excluding hydrogens is 395 g/mol. The largest absolute Gasteiger partial charge is 0.338 e. The van der Waals surface area contributed by atoms with Crippen LogP contribution in [0.25, 0.3) is 11.4 Å². The number of likely N-dealkylation sites (tertiary alicyclic amines) is 1. The maximum atomic E-state index is 15.3. The van der Waals surface area contributed by atoms with E-state index in [0.29, 0.717) is 40.8 Å². The van der Waals surface area contributed by atoms with Gasteiger partial charge in [0.25, 0.3) is 5.91 Å².